The molecular formula is C33H36ClN3O4S. The maximum Gasteiger partial charge on any atom is 0.251 e. The van der Waals surface area contributed by atoms with Crippen LogP contribution in [0.25, 0.3) is 0 Å². The topological polar surface area (TPSA) is 81.2 Å². The number of aliphatic hydroxyl groups is 1. The highest BCUT2D eigenvalue weighted by molar-refractivity contribution is 8.02. The molecule has 3 amide bonds. The first-order valence-corrected chi connectivity index (χ1v) is 15.8. The molecule has 2 aromatic carbocycles. The van der Waals surface area contributed by atoms with Crippen LogP contribution in [0.3, 0.4) is 0 Å². The lowest BCUT2D eigenvalue weighted by molar-refractivity contribution is -0.139. The minimum Gasteiger partial charge on any atom is -0.396 e. The van der Waals surface area contributed by atoms with E-state index in [1.54, 1.807) is 32.5 Å². The molecule has 1 spiro atoms. The number of hydrogen-bond acceptors (Lipinski definition) is 5. The van der Waals surface area contributed by atoms with Crippen LogP contribution < -0.4 is 9.80 Å². The molecule has 2 saturated heterocycles. The number of carbonyl (C=O) groups is 3. The van der Waals surface area contributed by atoms with Gasteiger partial charge in [-0.1, -0.05) is 66.2 Å². The van der Waals surface area contributed by atoms with Crippen LogP contribution in [0.1, 0.15) is 31.7 Å². The molecule has 1 unspecified atom stereocenters. The van der Waals surface area contributed by atoms with Gasteiger partial charge in [0.2, 0.25) is 11.8 Å². The minimum atomic E-state index is -0.922. The van der Waals surface area contributed by atoms with Crippen molar-refractivity contribution in [1.29, 1.82) is 0 Å². The van der Waals surface area contributed by atoms with Crippen LogP contribution in [-0.2, 0) is 14.4 Å². The Balaban J connectivity index is 1.46. The molecule has 4 aliphatic rings. The van der Waals surface area contributed by atoms with E-state index >= 15 is 0 Å². The summed E-state index contributed by atoms with van der Waals surface area (Å²) in [5.41, 5.74) is 2.32. The summed E-state index contributed by atoms with van der Waals surface area (Å²) in [6.07, 6.45) is 10.1. The maximum atomic E-state index is 14.7. The predicted molar refractivity (Wildman–Crippen MR) is 168 cm³/mol. The van der Waals surface area contributed by atoms with Gasteiger partial charge in [0.25, 0.3) is 5.91 Å². The van der Waals surface area contributed by atoms with Crippen LogP contribution in [0.4, 0.5) is 11.4 Å². The molecule has 4 aliphatic heterocycles. The summed E-state index contributed by atoms with van der Waals surface area (Å²) in [5.74, 6) is -1.79. The highest BCUT2D eigenvalue weighted by Gasteiger charge is 2.74. The molecule has 0 radical (unpaired) electrons. The third-order valence-corrected chi connectivity index (χ3v) is 11.2. The van der Waals surface area contributed by atoms with Crippen molar-refractivity contribution in [2.75, 3.05) is 36.0 Å². The molecule has 9 heteroatoms. The lowest BCUT2D eigenvalue weighted by atomic mass is 9.74. The number of likely N-dealkylation sites (tertiary alicyclic amines) is 1. The van der Waals surface area contributed by atoms with Crippen LogP contribution >= 0.6 is 23.4 Å². The number of fused-ring (bicyclic) bond motifs is 2. The van der Waals surface area contributed by atoms with Gasteiger partial charge in [-0.05, 0) is 56.9 Å². The SMILES string of the molecule is Cc1cccc(Cl)c1N1CC=C[C@]23S[C@]4(C)C=CCN(c5ccccc5)C(=O)[C@@H]4[C@H]2C(=O)N(CCCCCO)C3C1=O. The maximum absolute atomic E-state index is 14.7. The van der Waals surface area contributed by atoms with Crippen LogP contribution in [0.2, 0.25) is 5.02 Å². The zero-order chi connectivity index (χ0) is 29.6. The third-order valence-electron chi connectivity index (χ3n) is 9.14. The number of thioether (sulfide) groups is 1. The molecular weight excluding hydrogens is 570 g/mol. The van der Waals surface area contributed by atoms with Gasteiger partial charge in [-0.2, -0.15) is 0 Å². The number of aliphatic hydroxyl groups excluding tert-OH is 1. The monoisotopic (exact) mass is 605 g/mol. The highest BCUT2D eigenvalue weighted by Crippen LogP contribution is 2.65. The van der Waals surface area contributed by atoms with Gasteiger partial charge in [0.1, 0.15) is 6.04 Å². The van der Waals surface area contributed by atoms with Crippen LogP contribution in [0.5, 0.6) is 0 Å². The van der Waals surface area contributed by atoms with E-state index in [2.05, 4.69) is 6.08 Å². The first-order valence-electron chi connectivity index (χ1n) is 14.6. The number of nitrogens with zero attached hydrogens (tertiary/aromatic N) is 3. The molecule has 0 aliphatic carbocycles. The number of carbonyl (C=O) groups excluding carboxylic acids is 3. The fraction of sp³-hybridized carbons (Fsp3) is 0.424. The van der Waals surface area contributed by atoms with Gasteiger partial charge in [0.15, 0.2) is 0 Å². The number of rotatable bonds is 7. The standard InChI is InChI=1S/C33H36ClN3O4S/c1-22-12-9-15-24(34)27(22)36-20-11-17-33-26(30(40)37(28(33)31(36)41)18-7-4-8-21-38)25-29(39)35(23-13-5-3-6-14-23)19-10-16-32(25,2)42-33/h3,5-6,9-17,25-26,28,38H,4,7-8,18-21H2,1-2H3/t25-,26-,28?,32+,33-/m0/s1. The van der Waals surface area contributed by atoms with Crippen LogP contribution in [-0.4, -0.2) is 69.5 Å². The van der Waals surface area contributed by atoms with E-state index in [0.29, 0.717) is 43.2 Å². The van der Waals surface area contributed by atoms with Gasteiger partial charge in [-0.3, -0.25) is 14.4 Å². The molecule has 7 nitrogen and oxygen atoms in total. The van der Waals surface area contributed by atoms with E-state index in [1.807, 2.05) is 74.5 Å². The third kappa shape index (κ3) is 4.50. The molecule has 4 heterocycles. The van der Waals surface area contributed by atoms with Gasteiger partial charge < -0.3 is 19.8 Å². The number of unbranched alkanes of at least 4 members (excludes halogenated alkanes) is 2. The molecule has 1 N–H and O–H groups in total. The van der Waals surface area contributed by atoms with Crippen molar-refractivity contribution in [3.63, 3.8) is 0 Å². The Labute approximate surface area is 256 Å². The molecule has 2 fully saturated rings. The Kier molecular flexibility index (Phi) is 7.75. The Bertz CT molecular complexity index is 1440. The van der Waals surface area contributed by atoms with Crippen molar-refractivity contribution in [3.05, 3.63) is 83.4 Å². The Morgan fingerprint density at radius 3 is 2.36 bits per heavy atom. The summed E-state index contributed by atoms with van der Waals surface area (Å²) < 4.78 is -1.60. The summed E-state index contributed by atoms with van der Waals surface area (Å²) in [7, 11) is 0. The highest BCUT2D eigenvalue weighted by atomic mass is 35.5. The largest absolute Gasteiger partial charge is 0.396 e. The number of para-hydroxylation sites is 2. The van der Waals surface area contributed by atoms with Crippen molar-refractivity contribution in [3.8, 4) is 0 Å². The van der Waals surface area contributed by atoms with Crippen molar-refractivity contribution in [2.24, 2.45) is 11.8 Å². The number of aryl methyl sites for hydroxylation is 1. The second-order valence-corrected chi connectivity index (χ2v) is 14.0. The molecule has 5 atom stereocenters. The minimum absolute atomic E-state index is 0.0810. The van der Waals surface area contributed by atoms with Crippen molar-refractivity contribution in [2.45, 2.75) is 48.6 Å². The molecule has 6 rings (SSSR count). The van der Waals surface area contributed by atoms with E-state index in [9.17, 15) is 19.5 Å². The zero-order valence-corrected chi connectivity index (χ0v) is 25.5. The fourth-order valence-electron chi connectivity index (χ4n) is 7.34. The van der Waals surface area contributed by atoms with Gasteiger partial charge in [0.05, 0.1) is 27.3 Å². The van der Waals surface area contributed by atoms with E-state index in [-0.39, 0.29) is 24.3 Å². The van der Waals surface area contributed by atoms with Gasteiger partial charge in [0, 0.05) is 36.7 Å². The predicted octanol–water partition coefficient (Wildman–Crippen LogP) is 5.00. The average molecular weight is 606 g/mol. The van der Waals surface area contributed by atoms with Gasteiger partial charge in [-0.15, -0.1) is 11.8 Å². The average Bonchev–Trinajstić information content (AvgIpc) is 3.23. The van der Waals surface area contributed by atoms with E-state index < -0.39 is 27.4 Å². The van der Waals surface area contributed by atoms with Gasteiger partial charge in [-0.25, -0.2) is 0 Å². The fourth-order valence-corrected chi connectivity index (χ4v) is 9.82. The van der Waals surface area contributed by atoms with Crippen LogP contribution in [0.15, 0.2) is 72.8 Å². The number of anilines is 2. The molecule has 0 aromatic heterocycles. The summed E-state index contributed by atoms with van der Waals surface area (Å²) >= 11 is 8.25. The van der Waals surface area contributed by atoms with Crippen molar-refractivity contribution >= 4 is 52.5 Å². The second-order valence-electron chi connectivity index (χ2n) is 11.8. The van der Waals surface area contributed by atoms with E-state index in [1.165, 1.54) is 0 Å². The Morgan fingerprint density at radius 2 is 1.62 bits per heavy atom. The molecule has 0 bridgehead atoms. The number of hydrogen-bond donors (Lipinski definition) is 1. The lowest BCUT2D eigenvalue weighted by Crippen LogP contribution is -2.53. The molecule has 0 saturated carbocycles. The summed E-state index contributed by atoms with van der Waals surface area (Å²) in [4.78, 5) is 49.0. The molecule has 42 heavy (non-hydrogen) atoms. The Morgan fingerprint density at radius 1 is 0.881 bits per heavy atom. The quantitative estimate of drug-likeness (QED) is 0.355. The summed E-state index contributed by atoms with van der Waals surface area (Å²) in [5, 5.41) is 9.82. The second kappa shape index (κ2) is 11.2. The first-order chi connectivity index (χ1) is 20.2. The summed E-state index contributed by atoms with van der Waals surface area (Å²) in [6, 6.07) is 14.3. The smallest absolute Gasteiger partial charge is 0.251 e. The van der Waals surface area contributed by atoms with Crippen molar-refractivity contribution < 1.29 is 19.5 Å². The first kappa shape index (κ1) is 29.0. The van der Waals surface area contributed by atoms with E-state index in [4.69, 9.17) is 11.6 Å². The lowest BCUT2D eigenvalue weighted by Gasteiger charge is -2.37. The normalized spacial score (nSPS) is 30.3. The Hall–Kier alpha value is -3.07. The number of benzene rings is 2. The molecule has 220 valence electrons. The van der Waals surface area contributed by atoms with Crippen LogP contribution in [0, 0.1) is 18.8 Å². The molecule has 2 aromatic rings. The summed E-state index contributed by atoms with van der Waals surface area (Å²) in [6.45, 7) is 5.17. The van der Waals surface area contributed by atoms with E-state index in [0.717, 1.165) is 17.7 Å². The van der Waals surface area contributed by atoms with Gasteiger partial charge >= 0.3 is 0 Å². The zero-order valence-electron chi connectivity index (χ0n) is 23.9. The number of amides is 3. The van der Waals surface area contributed by atoms with Crippen molar-refractivity contribution in [1.82, 2.24) is 4.90 Å². The number of halogens is 1.